The van der Waals surface area contributed by atoms with Crippen molar-refractivity contribution in [2.24, 2.45) is 11.3 Å². The van der Waals surface area contributed by atoms with Crippen LogP contribution in [-0.2, 0) is 27.7 Å². The van der Waals surface area contributed by atoms with E-state index in [0.29, 0.717) is 5.92 Å². The molecule has 1 aromatic carbocycles. The van der Waals surface area contributed by atoms with Gasteiger partial charge in [0.2, 0.25) is 0 Å². The first kappa shape index (κ1) is 28.2. The topological polar surface area (TPSA) is 31.4 Å². The fourth-order valence-corrected chi connectivity index (χ4v) is 8.39. The highest BCUT2D eigenvalue weighted by atomic mass is 19.4. The van der Waals surface area contributed by atoms with Crippen LogP contribution in [0.25, 0.3) is 0 Å². The van der Waals surface area contributed by atoms with Crippen molar-refractivity contribution in [3.63, 3.8) is 0 Å². The quantitative estimate of drug-likeness (QED) is 0.378. The van der Waals surface area contributed by atoms with E-state index in [9.17, 15) is 13.2 Å². The summed E-state index contributed by atoms with van der Waals surface area (Å²) in [5.41, 5.74) is 5.39. The Morgan fingerprint density at radius 3 is 2.20 bits per heavy atom. The van der Waals surface area contributed by atoms with Gasteiger partial charge in [-0.2, -0.15) is 13.2 Å². The van der Waals surface area contributed by atoms with Crippen LogP contribution in [0.5, 0.6) is 0 Å². The van der Waals surface area contributed by atoms with Gasteiger partial charge in [-0.15, -0.1) is 0 Å². The van der Waals surface area contributed by atoms with E-state index < -0.39 is 23.4 Å². The summed E-state index contributed by atoms with van der Waals surface area (Å²) in [4.78, 5) is 5.46. The maximum Gasteiger partial charge on any atom is 0.416 e. The van der Waals surface area contributed by atoms with Crippen LogP contribution in [0.4, 0.5) is 13.2 Å². The van der Waals surface area contributed by atoms with Gasteiger partial charge in [-0.05, 0) is 106 Å². The van der Waals surface area contributed by atoms with Crippen LogP contribution in [0.3, 0.4) is 0 Å². The van der Waals surface area contributed by atoms with Crippen molar-refractivity contribution in [3.8, 4) is 0 Å². The fourth-order valence-electron chi connectivity index (χ4n) is 8.39. The molecular formula is C34H44F3NO2. The molecule has 6 rings (SSSR count). The highest BCUT2D eigenvalue weighted by Gasteiger charge is 2.57. The summed E-state index contributed by atoms with van der Waals surface area (Å²) in [6, 6.07) is 5.60. The molecule has 4 atom stereocenters. The maximum absolute atomic E-state index is 13.4. The third-order valence-electron chi connectivity index (χ3n) is 10.1. The SMILES string of the molecule is CC(C)c1nc2c(c3c1C(c1ccc(C(F)(F)F)cc1)OC31CCCC1C)C(OC(C)(C)C)CC1(CCCC1)C2. The molecule has 0 amide bonds. The Balaban J connectivity index is 1.59. The van der Waals surface area contributed by atoms with Crippen molar-refractivity contribution in [2.45, 2.75) is 135 Å². The molecule has 4 aliphatic rings. The first-order valence-corrected chi connectivity index (χ1v) is 15.3. The molecule has 3 nitrogen and oxygen atoms in total. The van der Waals surface area contributed by atoms with E-state index in [4.69, 9.17) is 14.5 Å². The second-order valence-corrected chi connectivity index (χ2v) is 14.4. The number of nitrogens with zero attached hydrogens (tertiary/aromatic N) is 1. The van der Waals surface area contributed by atoms with Crippen LogP contribution in [0.15, 0.2) is 24.3 Å². The van der Waals surface area contributed by atoms with E-state index >= 15 is 0 Å². The normalized spacial score (nSPS) is 29.5. The number of hydrogen-bond acceptors (Lipinski definition) is 3. The number of alkyl halides is 3. The average Bonchev–Trinajstić information content (AvgIpc) is 3.55. The van der Waals surface area contributed by atoms with Crippen LogP contribution in [0.1, 0.15) is 150 Å². The molecule has 2 fully saturated rings. The van der Waals surface area contributed by atoms with Crippen LogP contribution < -0.4 is 0 Å². The minimum atomic E-state index is -4.37. The van der Waals surface area contributed by atoms with Crippen molar-refractivity contribution in [1.82, 2.24) is 4.98 Å². The van der Waals surface area contributed by atoms with E-state index in [1.165, 1.54) is 54.6 Å². The van der Waals surface area contributed by atoms with E-state index in [2.05, 4.69) is 41.5 Å². The van der Waals surface area contributed by atoms with Crippen molar-refractivity contribution in [2.75, 3.05) is 0 Å². The Labute approximate surface area is 237 Å². The zero-order chi connectivity index (χ0) is 28.7. The van der Waals surface area contributed by atoms with Crippen molar-refractivity contribution in [1.29, 1.82) is 0 Å². The van der Waals surface area contributed by atoms with Crippen LogP contribution in [0.2, 0.25) is 0 Å². The Morgan fingerprint density at radius 2 is 1.65 bits per heavy atom. The van der Waals surface area contributed by atoms with Crippen molar-refractivity contribution >= 4 is 0 Å². The molecule has 2 aromatic rings. The summed E-state index contributed by atoms with van der Waals surface area (Å²) in [6.45, 7) is 13.0. The highest BCUT2D eigenvalue weighted by molar-refractivity contribution is 5.55. The Hall–Kier alpha value is -1.92. The largest absolute Gasteiger partial charge is 0.416 e. The van der Waals surface area contributed by atoms with Gasteiger partial charge in [0.25, 0.3) is 0 Å². The van der Waals surface area contributed by atoms with Gasteiger partial charge in [0.1, 0.15) is 6.10 Å². The lowest BCUT2D eigenvalue weighted by Crippen LogP contribution is -2.38. The summed E-state index contributed by atoms with van der Waals surface area (Å²) in [7, 11) is 0. The molecule has 0 bridgehead atoms. The predicted molar refractivity (Wildman–Crippen MR) is 150 cm³/mol. The van der Waals surface area contributed by atoms with Crippen LogP contribution in [0, 0.1) is 11.3 Å². The van der Waals surface area contributed by atoms with Gasteiger partial charge in [0, 0.05) is 22.5 Å². The Kier molecular flexibility index (Phi) is 6.74. The first-order chi connectivity index (χ1) is 18.7. The molecule has 0 radical (unpaired) electrons. The summed E-state index contributed by atoms with van der Waals surface area (Å²) in [5.74, 6) is 0.463. The van der Waals surface area contributed by atoms with Gasteiger partial charge in [0.15, 0.2) is 0 Å². The molecule has 1 aliphatic heterocycles. The minimum absolute atomic E-state index is 0.0658. The molecule has 6 heteroatoms. The molecule has 0 saturated heterocycles. The molecule has 40 heavy (non-hydrogen) atoms. The number of ether oxygens (including phenoxy) is 2. The second-order valence-electron chi connectivity index (χ2n) is 14.4. The standard InChI is InChI=1S/C34H44F3NO2/c1-20(2)29-27-28(26-24(38-29)18-32(15-7-8-16-32)19-25(26)39-31(4,5)6)33(17-9-10-21(33)3)40-30(27)22-11-13-23(14-12-22)34(35,36)37/h11-14,20-21,25,30H,7-10,15-19H2,1-6H3. The number of halogens is 3. The highest BCUT2D eigenvalue weighted by Crippen LogP contribution is 2.63. The molecule has 0 N–H and O–H groups in total. The van der Waals surface area contributed by atoms with Crippen molar-refractivity contribution in [3.05, 3.63) is 63.5 Å². The van der Waals surface area contributed by atoms with Gasteiger partial charge in [-0.3, -0.25) is 4.98 Å². The molecule has 2 spiro atoms. The van der Waals surface area contributed by atoms with Gasteiger partial charge >= 0.3 is 6.18 Å². The molecule has 2 heterocycles. The maximum atomic E-state index is 13.4. The monoisotopic (exact) mass is 555 g/mol. The number of benzene rings is 1. The molecule has 218 valence electrons. The van der Waals surface area contributed by atoms with Crippen molar-refractivity contribution < 1.29 is 22.6 Å². The Morgan fingerprint density at radius 1 is 0.975 bits per heavy atom. The molecule has 2 saturated carbocycles. The smallest absolute Gasteiger partial charge is 0.368 e. The lowest BCUT2D eigenvalue weighted by molar-refractivity contribution is -0.137. The summed E-state index contributed by atoms with van der Waals surface area (Å²) in [5, 5.41) is 0. The number of rotatable bonds is 3. The zero-order valence-electron chi connectivity index (χ0n) is 24.9. The first-order valence-electron chi connectivity index (χ1n) is 15.3. The summed E-state index contributed by atoms with van der Waals surface area (Å²) >= 11 is 0. The number of aromatic nitrogens is 1. The van der Waals surface area contributed by atoms with Crippen LogP contribution >= 0.6 is 0 Å². The summed E-state index contributed by atoms with van der Waals surface area (Å²) < 4.78 is 54.4. The minimum Gasteiger partial charge on any atom is -0.368 e. The third-order valence-corrected chi connectivity index (χ3v) is 10.1. The van der Waals surface area contributed by atoms with Gasteiger partial charge in [0.05, 0.1) is 22.9 Å². The van der Waals surface area contributed by atoms with Gasteiger partial charge < -0.3 is 9.47 Å². The van der Waals surface area contributed by atoms with Gasteiger partial charge in [-0.1, -0.05) is 45.7 Å². The van der Waals surface area contributed by atoms with E-state index in [0.717, 1.165) is 48.9 Å². The summed E-state index contributed by atoms with van der Waals surface area (Å²) in [6.07, 6.45) is 5.14. The van der Waals surface area contributed by atoms with Crippen LogP contribution in [-0.4, -0.2) is 10.6 Å². The zero-order valence-corrected chi connectivity index (χ0v) is 24.9. The lowest BCUT2D eigenvalue weighted by atomic mass is 9.67. The Bertz CT molecular complexity index is 1270. The number of pyridine rings is 1. The second kappa shape index (κ2) is 9.55. The average molecular weight is 556 g/mol. The lowest BCUT2D eigenvalue weighted by Gasteiger charge is -2.44. The number of fused-ring (bicyclic) bond motifs is 4. The molecule has 1 aromatic heterocycles. The molecular weight excluding hydrogens is 511 g/mol. The van der Waals surface area contributed by atoms with E-state index in [1.807, 2.05) is 0 Å². The third kappa shape index (κ3) is 4.62. The van der Waals surface area contributed by atoms with E-state index in [1.54, 1.807) is 12.1 Å². The molecule has 4 unspecified atom stereocenters. The van der Waals surface area contributed by atoms with E-state index in [-0.39, 0.29) is 23.0 Å². The predicted octanol–water partition coefficient (Wildman–Crippen LogP) is 9.72. The molecule has 3 aliphatic carbocycles. The number of hydrogen-bond donors (Lipinski definition) is 0. The van der Waals surface area contributed by atoms with Gasteiger partial charge in [-0.25, -0.2) is 0 Å². The fraction of sp³-hybridized carbons (Fsp3) is 0.676.